The second-order valence-electron chi connectivity index (χ2n) is 11.3. The molecule has 2 saturated carbocycles. The van der Waals surface area contributed by atoms with Gasteiger partial charge in [0.15, 0.2) is 0 Å². The summed E-state index contributed by atoms with van der Waals surface area (Å²) in [5.74, 6) is -3.79. The molecule has 0 spiro atoms. The maximum Gasteiger partial charge on any atom is 0.378 e. The highest BCUT2D eigenvalue weighted by Crippen LogP contribution is 2.32. The molecule has 0 amide bonds. The number of rotatable bonds is 15. The SMILES string of the molecule is C=CC(=O)OCCCCOC(=O)C1CCC(C(=O)OCCc2ccc(OC(=O)C3CCC(C(=O)OOC(=O)C=C)CC3)cc2)CC1. The fourth-order valence-electron chi connectivity index (χ4n) is 5.35. The molecule has 46 heavy (non-hydrogen) atoms. The molecule has 3 rings (SSSR count). The lowest BCUT2D eigenvalue weighted by atomic mass is 9.82. The van der Waals surface area contributed by atoms with Crippen molar-refractivity contribution < 1.29 is 57.5 Å². The molecule has 2 aliphatic carbocycles. The summed E-state index contributed by atoms with van der Waals surface area (Å²) in [6.45, 7) is 7.27. The van der Waals surface area contributed by atoms with Crippen molar-refractivity contribution in [2.45, 2.75) is 70.6 Å². The summed E-state index contributed by atoms with van der Waals surface area (Å²) in [7, 11) is 0. The van der Waals surface area contributed by atoms with Crippen molar-refractivity contribution >= 4 is 35.8 Å². The molecule has 2 aliphatic rings. The van der Waals surface area contributed by atoms with E-state index in [-0.39, 0.29) is 55.5 Å². The van der Waals surface area contributed by atoms with Gasteiger partial charge in [-0.3, -0.25) is 14.4 Å². The molecule has 0 aromatic heterocycles. The van der Waals surface area contributed by atoms with Crippen molar-refractivity contribution in [2.24, 2.45) is 23.7 Å². The molecule has 0 heterocycles. The van der Waals surface area contributed by atoms with Gasteiger partial charge in [-0.2, -0.15) is 0 Å². The predicted molar refractivity (Wildman–Crippen MR) is 161 cm³/mol. The first-order valence-electron chi connectivity index (χ1n) is 15.7. The third-order valence-electron chi connectivity index (χ3n) is 8.13. The topological polar surface area (TPSA) is 158 Å². The van der Waals surface area contributed by atoms with Crippen molar-refractivity contribution in [1.29, 1.82) is 0 Å². The molecule has 0 radical (unpaired) electrons. The van der Waals surface area contributed by atoms with Gasteiger partial charge in [0.05, 0.1) is 43.5 Å². The van der Waals surface area contributed by atoms with E-state index < -0.39 is 23.8 Å². The maximum absolute atomic E-state index is 12.6. The highest BCUT2D eigenvalue weighted by molar-refractivity contribution is 5.82. The minimum Gasteiger partial charge on any atom is -0.465 e. The second-order valence-corrected chi connectivity index (χ2v) is 11.3. The number of ether oxygens (including phenoxy) is 4. The van der Waals surface area contributed by atoms with Crippen LogP contribution in [0.15, 0.2) is 49.6 Å². The first-order chi connectivity index (χ1) is 22.2. The van der Waals surface area contributed by atoms with E-state index in [0.29, 0.717) is 76.4 Å². The molecular formula is C34H42O12. The molecule has 0 saturated heterocycles. The van der Waals surface area contributed by atoms with Crippen molar-refractivity contribution in [3.63, 3.8) is 0 Å². The number of unbranched alkanes of at least 4 members (excludes halogenated alkanes) is 1. The zero-order valence-electron chi connectivity index (χ0n) is 26.0. The Morgan fingerprint density at radius 1 is 0.565 bits per heavy atom. The van der Waals surface area contributed by atoms with Gasteiger partial charge in [0, 0.05) is 18.6 Å². The van der Waals surface area contributed by atoms with Crippen LogP contribution in [0.1, 0.15) is 69.8 Å². The summed E-state index contributed by atoms with van der Waals surface area (Å²) in [6.07, 6.45) is 7.64. The summed E-state index contributed by atoms with van der Waals surface area (Å²) in [6, 6.07) is 6.98. The second kappa shape index (κ2) is 19.1. The third-order valence-corrected chi connectivity index (χ3v) is 8.13. The Bertz CT molecular complexity index is 1220. The van der Waals surface area contributed by atoms with Crippen LogP contribution in [0.4, 0.5) is 0 Å². The van der Waals surface area contributed by atoms with Crippen molar-refractivity contribution in [3.05, 3.63) is 55.1 Å². The highest BCUT2D eigenvalue weighted by Gasteiger charge is 2.33. The van der Waals surface area contributed by atoms with Crippen LogP contribution in [-0.4, -0.2) is 55.6 Å². The lowest BCUT2D eigenvalue weighted by molar-refractivity contribution is -0.259. The number of hydrogen-bond donors (Lipinski definition) is 0. The standard InChI is InChI=1S/C34H42O12/c1-3-29(35)41-20-5-6-21-42-31(37)24-9-11-25(12-10-24)32(38)43-22-19-23-7-17-28(18-8-23)44-33(39)26-13-15-27(16-14-26)34(40)46-45-30(36)4-2/h3-4,7-8,17-18,24-27H,1-2,5-6,9-16,19-22H2. The lowest BCUT2D eigenvalue weighted by Gasteiger charge is -2.26. The van der Waals surface area contributed by atoms with Gasteiger partial charge in [0.2, 0.25) is 0 Å². The number of esters is 4. The molecule has 0 atom stereocenters. The van der Waals surface area contributed by atoms with Gasteiger partial charge in [-0.15, -0.1) is 0 Å². The zero-order chi connectivity index (χ0) is 33.3. The fraction of sp³-hybridized carbons (Fsp3) is 0.529. The summed E-state index contributed by atoms with van der Waals surface area (Å²) in [4.78, 5) is 80.4. The van der Waals surface area contributed by atoms with Crippen LogP contribution in [0.3, 0.4) is 0 Å². The van der Waals surface area contributed by atoms with Gasteiger partial charge in [0.25, 0.3) is 0 Å². The van der Waals surface area contributed by atoms with E-state index in [0.717, 1.165) is 17.7 Å². The smallest absolute Gasteiger partial charge is 0.378 e. The fourth-order valence-corrected chi connectivity index (χ4v) is 5.35. The number of carbonyl (C=O) groups is 6. The number of benzene rings is 1. The van der Waals surface area contributed by atoms with Gasteiger partial charge in [-0.05, 0) is 81.9 Å². The molecule has 12 nitrogen and oxygen atoms in total. The van der Waals surface area contributed by atoms with Crippen LogP contribution >= 0.6 is 0 Å². The molecule has 0 unspecified atom stereocenters. The van der Waals surface area contributed by atoms with Gasteiger partial charge in [-0.1, -0.05) is 25.3 Å². The van der Waals surface area contributed by atoms with Crippen LogP contribution in [0, 0.1) is 23.7 Å². The lowest BCUT2D eigenvalue weighted by Crippen LogP contribution is -2.29. The Morgan fingerprint density at radius 3 is 1.54 bits per heavy atom. The molecule has 0 N–H and O–H groups in total. The molecule has 0 bridgehead atoms. The Morgan fingerprint density at radius 2 is 1.02 bits per heavy atom. The van der Waals surface area contributed by atoms with E-state index in [4.69, 9.17) is 18.9 Å². The van der Waals surface area contributed by atoms with Crippen LogP contribution < -0.4 is 4.74 Å². The first kappa shape index (κ1) is 36.0. The summed E-state index contributed by atoms with van der Waals surface area (Å²) < 4.78 is 21.2. The maximum atomic E-state index is 12.6. The third kappa shape index (κ3) is 12.1. The summed E-state index contributed by atoms with van der Waals surface area (Å²) >= 11 is 0. The summed E-state index contributed by atoms with van der Waals surface area (Å²) in [5, 5.41) is 0. The van der Waals surface area contributed by atoms with Crippen molar-refractivity contribution in [1.82, 2.24) is 0 Å². The molecule has 12 heteroatoms. The normalized spacial score (nSPS) is 20.7. The van der Waals surface area contributed by atoms with Gasteiger partial charge >= 0.3 is 35.8 Å². The summed E-state index contributed by atoms with van der Waals surface area (Å²) in [5.41, 5.74) is 0.911. The molecule has 1 aromatic rings. The van der Waals surface area contributed by atoms with E-state index in [1.54, 1.807) is 24.3 Å². The quantitative estimate of drug-likeness (QED) is 0.0501. The van der Waals surface area contributed by atoms with E-state index in [1.807, 2.05) is 0 Å². The largest absolute Gasteiger partial charge is 0.465 e. The van der Waals surface area contributed by atoms with Crippen LogP contribution in [0.2, 0.25) is 0 Å². The minimum atomic E-state index is -0.857. The molecule has 2 fully saturated rings. The average molecular weight is 643 g/mol. The molecule has 0 aliphatic heterocycles. The van der Waals surface area contributed by atoms with E-state index in [2.05, 4.69) is 22.9 Å². The van der Waals surface area contributed by atoms with Gasteiger partial charge in [0.1, 0.15) is 5.75 Å². The van der Waals surface area contributed by atoms with Crippen molar-refractivity contribution in [3.8, 4) is 5.75 Å². The van der Waals surface area contributed by atoms with Crippen LogP contribution in [-0.2, 0) is 59.2 Å². The molecule has 250 valence electrons. The minimum absolute atomic E-state index is 0.209. The van der Waals surface area contributed by atoms with Crippen LogP contribution in [0.25, 0.3) is 0 Å². The molecular weight excluding hydrogens is 600 g/mol. The van der Waals surface area contributed by atoms with E-state index in [1.165, 1.54) is 0 Å². The predicted octanol–water partition coefficient (Wildman–Crippen LogP) is 4.53. The first-order valence-corrected chi connectivity index (χ1v) is 15.7. The Labute approximate surface area is 268 Å². The Kier molecular flexibility index (Phi) is 15.0. The monoisotopic (exact) mass is 642 g/mol. The Hall–Kier alpha value is -4.48. The molecule has 1 aromatic carbocycles. The zero-order valence-corrected chi connectivity index (χ0v) is 26.0. The van der Waals surface area contributed by atoms with Crippen LogP contribution in [0.5, 0.6) is 5.75 Å². The van der Waals surface area contributed by atoms with Crippen molar-refractivity contribution in [2.75, 3.05) is 19.8 Å². The van der Waals surface area contributed by atoms with E-state index in [9.17, 15) is 28.8 Å². The number of carbonyl (C=O) groups excluding carboxylic acids is 6. The highest BCUT2D eigenvalue weighted by atomic mass is 17.2. The van der Waals surface area contributed by atoms with Gasteiger partial charge < -0.3 is 18.9 Å². The van der Waals surface area contributed by atoms with Gasteiger partial charge in [-0.25, -0.2) is 24.2 Å². The van der Waals surface area contributed by atoms with E-state index >= 15 is 0 Å². The number of hydrogen-bond acceptors (Lipinski definition) is 12. The average Bonchev–Trinajstić information content (AvgIpc) is 3.09. The Balaban J connectivity index is 1.27.